The van der Waals surface area contributed by atoms with Crippen molar-refractivity contribution in [1.29, 1.82) is 0 Å². The van der Waals surface area contributed by atoms with Gasteiger partial charge in [0.25, 0.3) is 0 Å². The topological polar surface area (TPSA) is 28.2 Å². The zero-order chi connectivity index (χ0) is 10.4. The van der Waals surface area contributed by atoms with Crippen molar-refractivity contribution in [2.24, 2.45) is 5.92 Å². The Balaban J connectivity index is 1.84. The van der Waals surface area contributed by atoms with E-state index < -0.39 is 0 Å². The molecule has 2 fully saturated rings. The summed E-state index contributed by atoms with van der Waals surface area (Å²) in [4.78, 5) is 6.38. The SMILES string of the molecule is Clc1cc(N2CC3NC[C@H]3C2)cnc1Cl. The molecular formula is C10H11Cl2N3. The van der Waals surface area contributed by atoms with Crippen molar-refractivity contribution < 1.29 is 0 Å². The molecule has 5 heteroatoms. The first kappa shape index (κ1) is 9.70. The van der Waals surface area contributed by atoms with Gasteiger partial charge in [0.05, 0.1) is 16.9 Å². The number of hydrogen-bond acceptors (Lipinski definition) is 3. The Bertz CT molecular complexity index is 384. The molecule has 0 aromatic carbocycles. The third-order valence-electron chi connectivity index (χ3n) is 3.23. The van der Waals surface area contributed by atoms with Crippen LogP contribution in [-0.2, 0) is 0 Å². The normalized spacial score (nSPS) is 28.8. The van der Waals surface area contributed by atoms with E-state index in [-0.39, 0.29) is 0 Å². The maximum absolute atomic E-state index is 5.94. The van der Waals surface area contributed by atoms with Gasteiger partial charge in [-0.1, -0.05) is 23.2 Å². The minimum absolute atomic E-state index is 0.376. The van der Waals surface area contributed by atoms with Crippen LogP contribution in [0.25, 0.3) is 0 Å². The fourth-order valence-electron chi connectivity index (χ4n) is 2.25. The molecule has 3 rings (SSSR count). The van der Waals surface area contributed by atoms with Crippen LogP contribution in [0.15, 0.2) is 12.3 Å². The maximum Gasteiger partial charge on any atom is 0.147 e. The molecule has 1 aromatic heterocycles. The molecule has 0 bridgehead atoms. The second kappa shape index (κ2) is 3.51. The highest BCUT2D eigenvalue weighted by atomic mass is 35.5. The van der Waals surface area contributed by atoms with Crippen LogP contribution < -0.4 is 10.2 Å². The number of hydrogen-bond donors (Lipinski definition) is 1. The third-order valence-corrected chi connectivity index (χ3v) is 3.92. The smallest absolute Gasteiger partial charge is 0.147 e. The van der Waals surface area contributed by atoms with E-state index >= 15 is 0 Å². The quantitative estimate of drug-likeness (QED) is 0.763. The Kier molecular flexibility index (Phi) is 2.27. The van der Waals surface area contributed by atoms with Crippen LogP contribution in [-0.4, -0.2) is 30.7 Å². The highest BCUT2D eigenvalue weighted by Crippen LogP contribution is 2.30. The van der Waals surface area contributed by atoms with Gasteiger partial charge < -0.3 is 10.2 Å². The second-order valence-corrected chi connectivity index (χ2v) is 4.91. The molecule has 0 spiro atoms. The molecular weight excluding hydrogens is 233 g/mol. The van der Waals surface area contributed by atoms with Crippen LogP contribution in [0.4, 0.5) is 5.69 Å². The second-order valence-electron chi connectivity index (χ2n) is 4.15. The summed E-state index contributed by atoms with van der Waals surface area (Å²) in [5.41, 5.74) is 1.07. The molecule has 0 amide bonds. The molecule has 2 saturated heterocycles. The van der Waals surface area contributed by atoms with E-state index in [1.165, 1.54) is 0 Å². The zero-order valence-electron chi connectivity index (χ0n) is 8.08. The van der Waals surface area contributed by atoms with Crippen LogP contribution in [0.3, 0.4) is 0 Å². The van der Waals surface area contributed by atoms with Gasteiger partial charge in [0.2, 0.25) is 0 Å². The van der Waals surface area contributed by atoms with Gasteiger partial charge in [-0.15, -0.1) is 0 Å². The summed E-state index contributed by atoms with van der Waals surface area (Å²) in [6.07, 6.45) is 1.79. The lowest BCUT2D eigenvalue weighted by atomic mass is 9.96. The van der Waals surface area contributed by atoms with E-state index in [2.05, 4.69) is 15.2 Å². The van der Waals surface area contributed by atoms with Crippen molar-refractivity contribution in [3.8, 4) is 0 Å². The minimum Gasteiger partial charge on any atom is -0.368 e. The number of fused-ring (bicyclic) bond motifs is 1. The standard InChI is InChI=1S/C10H11Cl2N3/c11-8-1-7(3-14-10(8)12)15-4-6-2-13-9(6)5-15/h1,3,6,9,13H,2,4-5H2/t6-,9?/m0/s1. The lowest BCUT2D eigenvalue weighted by molar-refractivity contribution is 0.297. The van der Waals surface area contributed by atoms with Crippen molar-refractivity contribution in [3.05, 3.63) is 22.4 Å². The summed E-state index contributed by atoms with van der Waals surface area (Å²) < 4.78 is 0. The molecule has 2 aliphatic rings. The van der Waals surface area contributed by atoms with E-state index in [0.717, 1.165) is 31.2 Å². The van der Waals surface area contributed by atoms with Gasteiger partial charge >= 0.3 is 0 Å². The highest BCUT2D eigenvalue weighted by Gasteiger charge is 2.39. The first-order valence-corrected chi connectivity index (χ1v) is 5.79. The number of nitrogens with zero attached hydrogens (tertiary/aromatic N) is 2. The van der Waals surface area contributed by atoms with Crippen molar-refractivity contribution in [1.82, 2.24) is 10.3 Å². The average Bonchev–Trinajstić information content (AvgIpc) is 2.48. The molecule has 1 unspecified atom stereocenters. The summed E-state index contributed by atoms with van der Waals surface area (Å²) >= 11 is 11.7. The van der Waals surface area contributed by atoms with E-state index in [9.17, 15) is 0 Å². The summed E-state index contributed by atoms with van der Waals surface area (Å²) in [6.45, 7) is 3.28. The van der Waals surface area contributed by atoms with Crippen molar-refractivity contribution >= 4 is 28.9 Å². The summed E-state index contributed by atoms with van der Waals surface area (Å²) in [6, 6.07) is 2.54. The number of rotatable bonds is 1. The van der Waals surface area contributed by atoms with Crippen LogP contribution in [0.2, 0.25) is 10.2 Å². The minimum atomic E-state index is 0.376. The highest BCUT2D eigenvalue weighted by molar-refractivity contribution is 6.41. The van der Waals surface area contributed by atoms with Gasteiger partial charge in [0, 0.05) is 31.6 Å². The lowest BCUT2D eigenvalue weighted by Gasteiger charge is -2.29. The van der Waals surface area contributed by atoms with Crippen LogP contribution >= 0.6 is 23.2 Å². The molecule has 0 radical (unpaired) electrons. The predicted octanol–water partition coefficient (Wildman–Crippen LogP) is 1.80. The van der Waals surface area contributed by atoms with E-state index in [4.69, 9.17) is 23.2 Å². The fourth-order valence-corrected chi connectivity index (χ4v) is 2.51. The molecule has 3 heterocycles. The average molecular weight is 244 g/mol. The Morgan fingerprint density at radius 1 is 1.40 bits per heavy atom. The number of halogens is 2. The van der Waals surface area contributed by atoms with E-state index in [1.807, 2.05) is 6.07 Å². The van der Waals surface area contributed by atoms with Crippen molar-refractivity contribution in [2.75, 3.05) is 24.5 Å². The predicted molar refractivity (Wildman–Crippen MR) is 61.8 cm³/mol. The third kappa shape index (κ3) is 1.59. The van der Waals surface area contributed by atoms with Gasteiger partial charge in [-0.25, -0.2) is 4.98 Å². The lowest BCUT2D eigenvalue weighted by Crippen LogP contribution is -2.51. The van der Waals surface area contributed by atoms with E-state index in [1.54, 1.807) is 6.20 Å². The monoisotopic (exact) mass is 243 g/mol. The summed E-state index contributed by atoms with van der Waals surface area (Å²) in [5.74, 6) is 0.791. The van der Waals surface area contributed by atoms with Gasteiger partial charge in [-0.3, -0.25) is 0 Å². The Labute approximate surface area is 98.4 Å². The molecule has 3 nitrogen and oxygen atoms in total. The largest absolute Gasteiger partial charge is 0.368 e. The summed E-state index contributed by atoms with van der Waals surface area (Å²) in [5, 5.41) is 4.32. The molecule has 0 saturated carbocycles. The van der Waals surface area contributed by atoms with Crippen LogP contribution in [0.1, 0.15) is 0 Å². The van der Waals surface area contributed by atoms with E-state index in [0.29, 0.717) is 16.2 Å². The van der Waals surface area contributed by atoms with Crippen molar-refractivity contribution in [3.63, 3.8) is 0 Å². The fraction of sp³-hybridized carbons (Fsp3) is 0.500. The molecule has 1 aromatic rings. The van der Waals surface area contributed by atoms with Gasteiger partial charge in [-0.05, 0) is 6.07 Å². The number of aromatic nitrogens is 1. The molecule has 2 atom stereocenters. The number of anilines is 1. The van der Waals surface area contributed by atoms with Gasteiger partial charge in [0.1, 0.15) is 5.15 Å². The first-order valence-electron chi connectivity index (χ1n) is 5.03. The number of pyridine rings is 1. The maximum atomic E-state index is 5.94. The van der Waals surface area contributed by atoms with Crippen LogP contribution in [0, 0.1) is 5.92 Å². The molecule has 1 N–H and O–H groups in total. The first-order chi connectivity index (χ1) is 7.24. The van der Waals surface area contributed by atoms with Gasteiger partial charge in [0.15, 0.2) is 0 Å². The van der Waals surface area contributed by atoms with Gasteiger partial charge in [-0.2, -0.15) is 0 Å². The molecule has 80 valence electrons. The molecule has 15 heavy (non-hydrogen) atoms. The van der Waals surface area contributed by atoms with Crippen LogP contribution in [0.5, 0.6) is 0 Å². The van der Waals surface area contributed by atoms with Crippen molar-refractivity contribution in [2.45, 2.75) is 6.04 Å². The zero-order valence-corrected chi connectivity index (χ0v) is 9.59. The Morgan fingerprint density at radius 2 is 2.27 bits per heavy atom. The Hall–Kier alpha value is -0.510. The number of nitrogens with one attached hydrogen (secondary N) is 1. The molecule has 2 aliphatic heterocycles. The molecule has 0 aliphatic carbocycles. The summed E-state index contributed by atoms with van der Waals surface area (Å²) in [7, 11) is 0. The Morgan fingerprint density at radius 3 is 2.80 bits per heavy atom.